The number of hydroxylamine groups is 1. The summed E-state index contributed by atoms with van der Waals surface area (Å²) in [6, 6.07) is 20.4. The number of hydrogen-bond acceptors (Lipinski definition) is 6. The Labute approximate surface area is 201 Å². The summed E-state index contributed by atoms with van der Waals surface area (Å²) in [6.45, 7) is 0. The number of thiophene rings is 1. The maximum atomic E-state index is 12.7. The van der Waals surface area contributed by atoms with E-state index in [9.17, 15) is 9.59 Å². The first-order chi connectivity index (χ1) is 16.0. The summed E-state index contributed by atoms with van der Waals surface area (Å²) < 4.78 is -0.317. The molecule has 0 saturated carbocycles. The maximum Gasteiger partial charge on any atom is 0.245 e. The number of anilines is 1. The first-order valence-electron chi connectivity index (χ1n) is 10.9. The lowest BCUT2D eigenvalue weighted by Gasteiger charge is -2.35. The molecule has 0 bridgehead atoms. The highest BCUT2D eigenvalue weighted by Gasteiger charge is 2.38. The van der Waals surface area contributed by atoms with Crippen LogP contribution in [0, 0.1) is 0 Å². The van der Waals surface area contributed by atoms with E-state index in [-0.39, 0.29) is 23.0 Å². The molecule has 2 heterocycles. The predicted molar refractivity (Wildman–Crippen MR) is 134 cm³/mol. The minimum absolute atomic E-state index is 0.252. The number of amides is 2. The summed E-state index contributed by atoms with van der Waals surface area (Å²) in [5.41, 5.74) is 10.3. The molecule has 33 heavy (non-hydrogen) atoms. The van der Waals surface area contributed by atoms with E-state index in [2.05, 4.69) is 17.4 Å². The fraction of sp³-hybridized carbons (Fsp3) is 0.280. The van der Waals surface area contributed by atoms with Crippen molar-refractivity contribution in [2.45, 2.75) is 36.5 Å². The van der Waals surface area contributed by atoms with Crippen LogP contribution in [0.1, 0.15) is 42.2 Å². The molecular weight excluding hydrogens is 454 g/mol. The van der Waals surface area contributed by atoms with Crippen LogP contribution in [0.15, 0.2) is 66.7 Å². The van der Waals surface area contributed by atoms with Gasteiger partial charge in [-0.25, -0.2) is 5.48 Å². The van der Waals surface area contributed by atoms with E-state index in [0.717, 1.165) is 45.9 Å². The second-order valence-electron chi connectivity index (χ2n) is 8.13. The molecule has 2 amide bonds. The Hall–Kier alpha value is -2.65. The Kier molecular flexibility index (Phi) is 7.49. The third-order valence-electron chi connectivity index (χ3n) is 5.83. The average Bonchev–Trinajstić information content (AvgIpc) is 3.36. The molecule has 1 aliphatic heterocycles. The summed E-state index contributed by atoms with van der Waals surface area (Å²) >= 11 is 3.45. The van der Waals surface area contributed by atoms with Crippen LogP contribution in [0.2, 0.25) is 0 Å². The van der Waals surface area contributed by atoms with Gasteiger partial charge < -0.3 is 11.1 Å². The van der Waals surface area contributed by atoms with Gasteiger partial charge in [0.2, 0.25) is 11.8 Å². The Morgan fingerprint density at radius 3 is 2.61 bits per heavy atom. The Morgan fingerprint density at radius 2 is 1.88 bits per heavy atom. The Balaban J connectivity index is 1.53. The van der Waals surface area contributed by atoms with Gasteiger partial charge in [0.15, 0.2) is 0 Å². The van der Waals surface area contributed by atoms with Gasteiger partial charge in [-0.15, -0.1) is 23.1 Å². The molecule has 0 aliphatic carbocycles. The number of nitrogens with one attached hydrogen (secondary N) is 2. The fourth-order valence-corrected chi connectivity index (χ4v) is 6.98. The summed E-state index contributed by atoms with van der Waals surface area (Å²) in [4.78, 5) is 26.9. The fourth-order valence-electron chi connectivity index (χ4n) is 4.09. The third kappa shape index (κ3) is 5.47. The molecule has 1 aliphatic rings. The molecule has 6 nitrogen and oxygen atoms in total. The molecule has 3 aromatic rings. The molecular formula is C25H27N3O3S2. The number of carbonyl (C=O) groups excluding carboxylic acids is 2. The minimum Gasteiger partial charge on any atom is -0.324 e. The van der Waals surface area contributed by atoms with E-state index < -0.39 is 6.04 Å². The van der Waals surface area contributed by atoms with E-state index in [0.29, 0.717) is 5.69 Å². The highest BCUT2D eigenvalue weighted by Crippen LogP contribution is 2.50. The van der Waals surface area contributed by atoms with Crippen molar-refractivity contribution in [1.29, 1.82) is 0 Å². The maximum absolute atomic E-state index is 12.7. The molecule has 8 heteroatoms. The van der Waals surface area contributed by atoms with Gasteiger partial charge in [-0.2, -0.15) is 0 Å². The monoisotopic (exact) mass is 481 g/mol. The van der Waals surface area contributed by atoms with Crippen molar-refractivity contribution in [2.24, 2.45) is 5.73 Å². The van der Waals surface area contributed by atoms with Crippen molar-refractivity contribution in [3.05, 3.63) is 77.2 Å². The van der Waals surface area contributed by atoms with Crippen molar-refractivity contribution < 1.29 is 14.8 Å². The van der Waals surface area contributed by atoms with E-state index in [1.165, 1.54) is 0 Å². The van der Waals surface area contributed by atoms with Crippen LogP contribution in [0.3, 0.4) is 0 Å². The number of nitrogens with two attached hydrogens (primary N) is 1. The predicted octanol–water partition coefficient (Wildman–Crippen LogP) is 5.06. The SMILES string of the molecule is N[C@@H](C(=O)Nc1cccc(-c2ccc([C@@]3(CC(=O)NO)CCCCS3)s2)c1)c1ccccc1. The molecule has 2 aromatic carbocycles. The molecule has 1 fully saturated rings. The lowest BCUT2D eigenvalue weighted by molar-refractivity contribution is -0.129. The molecule has 172 valence electrons. The van der Waals surface area contributed by atoms with E-state index in [4.69, 9.17) is 10.9 Å². The summed E-state index contributed by atoms with van der Waals surface area (Å²) in [6.07, 6.45) is 3.35. The lowest BCUT2D eigenvalue weighted by Crippen LogP contribution is -2.32. The van der Waals surface area contributed by atoms with Crippen molar-refractivity contribution in [3.8, 4) is 10.4 Å². The van der Waals surface area contributed by atoms with Crippen molar-refractivity contribution in [2.75, 3.05) is 11.1 Å². The largest absolute Gasteiger partial charge is 0.324 e. The van der Waals surface area contributed by atoms with Gasteiger partial charge in [0, 0.05) is 21.9 Å². The second-order valence-corrected chi connectivity index (χ2v) is 10.7. The first kappa shape index (κ1) is 23.5. The zero-order chi connectivity index (χ0) is 23.3. The Bertz CT molecular complexity index is 1110. The molecule has 0 radical (unpaired) electrons. The highest BCUT2D eigenvalue weighted by molar-refractivity contribution is 8.00. The van der Waals surface area contributed by atoms with Gasteiger partial charge in [-0.05, 0) is 54.0 Å². The van der Waals surface area contributed by atoms with Gasteiger partial charge in [-0.3, -0.25) is 14.8 Å². The van der Waals surface area contributed by atoms with Gasteiger partial charge in [-0.1, -0.05) is 48.9 Å². The zero-order valence-corrected chi connectivity index (χ0v) is 19.8. The molecule has 1 saturated heterocycles. The average molecular weight is 482 g/mol. The van der Waals surface area contributed by atoms with Crippen LogP contribution in [-0.2, 0) is 14.3 Å². The summed E-state index contributed by atoms with van der Waals surface area (Å²) in [5, 5.41) is 12.0. The number of rotatable bonds is 7. The Morgan fingerprint density at radius 1 is 1.06 bits per heavy atom. The molecule has 5 N–H and O–H groups in total. The molecule has 2 atom stereocenters. The molecule has 4 rings (SSSR count). The zero-order valence-electron chi connectivity index (χ0n) is 18.1. The highest BCUT2D eigenvalue weighted by atomic mass is 32.2. The van der Waals surface area contributed by atoms with Gasteiger partial charge in [0.25, 0.3) is 0 Å². The van der Waals surface area contributed by atoms with Gasteiger partial charge in [0.1, 0.15) is 6.04 Å². The standard InChI is InChI=1S/C25H27N3O3S2/c26-23(17-7-2-1-3-8-17)24(30)27-19-10-6-9-18(15-19)20-11-12-21(33-20)25(16-22(29)28-31)13-4-5-14-32-25/h1-3,6-12,15,23,31H,4-5,13-14,16,26H2,(H,27,30)(H,28,29)/t23-,25+/m1/s1. The number of thioether (sulfide) groups is 1. The van der Waals surface area contributed by atoms with Crippen LogP contribution in [0.5, 0.6) is 0 Å². The van der Waals surface area contributed by atoms with Gasteiger partial charge in [0.05, 0.1) is 4.75 Å². The van der Waals surface area contributed by atoms with Crippen LogP contribution in [0.4, 0.5) is 5.69 Å². The third-order valence-corrected chi connectivity index (χ3v) is 8.92. The number of hydrogen-bond donors (Lipinski definition) is 4. The van der Waals surface area contributed by atoms with Crippen LogP contribution in [0.25, 0.3) is 10.4 Å². The summed E-state index contributed by atoms with van der Waals surface area (Å²) in [7, 11) is 0. The second kappa shape index (κ2) is 10.5. The number of benzene rings is 2. The topological polar surface area (TPSA) is 104 Å². The quantitative estimate of drug-likeness (QED) is 0.279. The van der Waals surface area contributed by atoms with Crippen LogP contribution < -0.4 is 16.5 Å². The molecule has 0 spiro atoms. The summed E-state index contributed by atoms with van der Waals surface area (Å²) in [5.74, 6) is 0.367. The van der Waals surface area contributed by atoms with Crippen LogP contribution >= 0.6 is 23.1 Å². The van der Waals surface area contributed by atoms with E-state index in [1.54, 1.807) is 28.6 Å². The van der Waals surface area contributed by atoms with E-state index in [1.807, 2.05) is 54.6 Å². The lowest BCUT2D eigenvalue weighted by atomic mass is 9.94. The molecule has 0 unspecified atom stereocenters. The normalized spacial score (nSPS) is 19.0. The minimum atomic E-state index is -0.746. The molecule has 1 aromatic heterocycles. The van der Waals surface area contributed by atoms with Gasteiger partial charge >= 0.3 is 0 Å². The van der Waals surface area contributed by atoms with Crippen molar-refractivity contribution >= 4 is 40.6 Å². The van der Waals surface area contributed by atoms with Crippen molar-refractivity contribution in [1.82, 2.24) is 5.48 Å². The van der Waals surface area contributed by atoms with E-state index >= 15 is 0 Å². The number of carbonyl (C=O) groups is 2. The smallest absolute Gasteiger partial charge is 0.245 e. The van der Waals surface area contributed by atoms with Crippen LogP contribution in [-0.4, -0.2) is 22.8 Å². The first-order valence-corrected chi connectivity index (χ1v) is 12.7. The van der Waals surface area contributed by atoms with Crippen molar-refractivity contribution in [3.63, 3.8) is 0 Å².